The first-order valence-corrected chi connectivity index (χ1v) is 7.17. The highest BCUT2D eigenvalue weighted by molar-refractivity contribution is 5.26. The molecule has 0 radical (unpaired) electrons. The Kier molecular flexibility index (Phi) is 4.60. The topological polar surface area (TPSA) is 12.0 Å². The van der Waals surface area contributed by atoms with E-state index in [0.717, 1.165) is 0 Å². The van der Waals surface area contributed by atoms with E-state index in [9.17, 15) is 0 Å². The molecule has 1 N–H and O–H groups in total. The molecule has 0 aromatic heterocycles. The van der Waals surface area contributed by atoms with E-state index in [1.165, 1.54) is 30.4 Å². The summed E-state index contributed by atoms with van der Waals surface area (Å²) in [6, 6.07) is 10.2. The summed E-state index contributed by atoms with van der Waals surface area (Å²) < 4.78 is 0. The Morgan fingerprint density at radius 3 is 2.22 bits per heavy atom. The van der Waals surface area contributed by atoms with Crippen molar-refractivity contribution in [1.82, 2.24) is 5.32 Å². The minimum Gasteiger partial charge on any atom is -0.307 e. The molecule has 0 saturated heterocycles. The first-order valence-electron chi connectivity index (χ1n) is 7.17. The third-order valence-electron chi connectivity index (χ3n) is 3.86. The Morgan fingerprint density at radius 2 is 1.67 bits per heavy atom. The van der Waals surface area contributed by atoms with Crippen molar-refractivity contribution in [3.05, 3.63) is 47.5 Å². The van der Waals surface area contributed by atoms with Crippen LogP contribution < -0.4 is 5.32 Å². The summed E-state index contributed by atoms with van der Waals surface area (Å²) in [5.74, 6) is 0.616. The SMILES string of the molecule is CC(C)c1ccc(C(C)NC2CC=CCC2)cc1. The van der Waals surface area contributed by atoms with Gasteiger partial charge < -0.3 is 5.32 Å². The fraction of sp³-hybridized carbons (Fsp3) is 0.529. The smallest absolute Gasteiger partial charge is 0.0294 e. The molecule has 1 aliphatic carbocycles. The number of hydrogen-bond acceptors (Lipinski definition) is 1. The maximum absolute atomic E-state index is 3.73. The second kappa shape index (κ2) is 6.19. The molecule has 0 aliphatic heterocycles. The Hall–Kier alpha value is -1.08. The fourth-order valence-corrected chi connectivity index (χ4v) is 2.56. The maximum atomic E-state index is 3.73. The van der Waals surface area contributed by atoms with Crippen LogP contribution in [-0.2, 0) is 0 Å². The van der Waals surface area contributed by atoms with Gasteiger partial charge in [-0.2, -0.15) is 0 Å². The second-order valence-corrected chi connectivity index (χ2v) is 5.69. The molecule has 0 fully saturated rings. The van der Waals surface area contributed by atoms with Crippen LogP contribution in [0, 0.1) is 0 Å². The lowest BCUT2D eigenvalue weighted by molar-refractivity contribution is 0.426. The van der Waals surface area contributed by atoms with E-state index in [0.29, 0.717) is 18.0 Å². The molecule has 2 atom stereocenters. The van der Waals surface area contributed by atoms with Crippen molar-refractivity contribution in [2.75, 3.05) is 0 Å². The van der Waals surface area contributed by atoms with Crippen LogP contribution in [0.4, 0.5) is 0 Å². The van der Waals surface area contributed by atoms with Crippen molar-refractivity contribution in [2.24, 2.45) is 0 Å². The van der Waals surface area contributed by atoms with Crippen molar-refractivity contribution >= 4 is 0 Å². The highest BCUT2D eigenvalue weighted by atomic mass is 14.9. The molecule has 0 heterocycles. The fourth-order valence-electron chi connectivity index (χ4n) is 2.56. The quantitative estimate of drug-likeness (QED) is 0.764. The molecule has 98 valence electrons. The minimum atomic E-state index is 0.447. The molecule has 0 spiro atoms. The van der Waals surface area contributed by atoms with Crippen LogP contribution in [-0.4, -0.2) is 6.04 Å². The maximum Gasteiger partial charge on any atom is 0.0294 e. The van der Waals surface area contributed by atoms with Gasteiger partial charge in [0, 0.05) is 12.1 Å². The van der Waals surface area contributed by atoms with Gasteiger partial charge in [-0.25, -0.2) is 0 Å². The molecule has 1 aromatic rings. The molecule has 0 saturated carbocycles. The van der Waals surface area contributed by atoms with Gasteiger partial charge in [0.15, 0.2) is 0 Å². The van der Waals surface area contributed by atoms with Gasteiger partial charge in [0.25, 0.3) is 0 Å². The van der Waals surface area contributed by atoms with E-state index >= 15 is 0 Å². The second-order valence-electron chi connectivity index (χ2n) is 5.69. The van der Waals surface area contributed by atoms with Gasteiger partial charge in [-0.05, 0) is 43.2 Å². The molecule has 2 rings (SSSR count). The van der Waals surface area contributed by atoms with Crippen LogP contribution in [0.15, 0.2) is 36.4 Å². The lowest BCUT2D eigenvalue weighted by atomic mass is 9.97. The number of allylic oxidation sites excluding steroid dienone is 1. The van der Waals surface area contributed by atoms with E-state index in [4.69, 9.17) is 0 Å². The standard InChI is InChI=1S/C17H25N/c1-13(2)15-9-11-16(12-10-15)14(3)18-17-7-5-4-6-8-17/h4-5,9-14,17-18H,6-8H2,1-3H3. The number of rotatable bonds is 4. The van der Waals surface area contributed by atoms with Crippen molar-refractivity contribution in [3.8, 4) is 0 Å². The van der Waals surface area contributed by atoms with Gasteiger partial charge >= 0.3 is 0 Å². The largest absolute Gasteiger partial charge is 0.307 e. The van der Waals surface area contributed by atoms with Crippen molar-refractivity contribution in [1.29, 1.82) is 0 Å². The number of hydrogen-bond donors (Lipinski definition) is 1. The van der Waals surface area contributed by atoms with Crippen molar-refractivity contribution in [3.63, 3.8) is 0 Å². The Balaban J connectivity index is 1.95. The molecule has 1 heteroatoms. The predicted molar refractivity (Wildman–Crippen MR) is 78.9 cm³/mol. The summed E-state index contributed by atoms with van der Waals surface area (Å²) in [7, 11) is 0. The first-order chi connectivity index (χ1) is 8.66. The summed E-state index contributed by atoms with van der Waals surface area (Å²) in [5.41, 5.74) is 2.82. The summed E-state index contributed by atoms with van der Waals surface area (Å²) in [5, 5.41) is 3.73. The molecule has 18 heavy (non-hydrogen) atoms. The number of benzene rings is 1. The average Bonchev–Trinajstić information content (AvgIpc) is 2.40. The van der Waals surface area contributed by atoms with Gasteiger partial charge in [0.05, 0.1) is 0 Å². The lowest BCUT2D eigenvalue weighted by Crippen LogP contribution is -2.32. The van der Waals surface area contributed by atoms with Gasteiger partial charge in [0.1, 0.15) is 0 Å². The normalized spacial score (nSPS) is 21.2. The first kappa shape index (κ1) is 13.4. The van der Waals surface area contributed by atoms with Crippen LogP contribution in [0.2, 0.25) is 0 Å². The van der Waals surface area contributed by atoms with Crippen LogP contribution >= 0.6 is 0 Å². The van der Waals surface area contributed by atoms with Crippen molar-refractivity contribution < 1.29 is 0 Å². The average molecular weight is 243 g/mol. The summed E-state index contributed by atoms with van der Waals surface area (Å²) in [4.78, 5) is 0. The third kappa shape index (κ3) is 3.46. The van der Waals surface area contributed by atoms with E-state index < -0.39 is 0 Å². The molecule has 0 amide bonds. The molecular weight excluding hydrogens is 218 g/mol. The van der Waals surface area contributed by atoms with E-state index in [2.05, 4.69) is 62.5 Å². The predicted octanol–water partition coefficient (Wildman–Crippen LogP) is 4.57. The minimum absolute atomic E-state index is 0.447. The summed E-state index contributed by atoms with van der Waals surface area (Å²) in [6.07, 6.45) is 8.26. The van der Waals surface area contributed by atoms with Crippen LogP contribution in [0.25, 0.3) is 0 Å². The molecule has 0 bridgehead atoms. The lowest BCUT2D eigenvalue weighted by Gasteiger charge is -2.24. The molecule has 1 nitrogen and oxygen atoms in total. The monoisotopic (exact) mass is 243 g/mol. The highest BCUT2D eigenvalue weighted by Crippen LogP contribution is 2.20. The molecule has 1 aromatic carbocycles. The molecule has 1 aliphatic rings. The van der Waals surface area contributed by atoms with Gasteiger partial charge in [-0.15, -0.1) is 0 Å². The summed E-state index contributed by atoms with van der Waals surface area (Å²) >= 11 is 0. The zero-order valence-electron chi connectivity index (χ0n) is 11.8. The van der Waals surface area contributed by atoms with E-state index in [1.54, 1.807) is 0 Å². The van der Waals surface area contributed by atoms with Gasteiger partial charge in [0.2, 0.25) is 0 Å². The zero-order valence-corrected chi connectivity index (χ0v) is 11.8. The Labute approximate surface area is 111 Å². The van der Waals surface area contributed by atoms with E-state index in [1.807, 2.05) is 0 Å². The molecular formula is C17H25N. The van der Waals surface area contributed by atoms with Crippen LogP contribution in [0.1, 0.15) is 63.1 Å². The number of nitrogens with one attached hydrogen (secondary N) is 1. The van der Waals surface area contributed by atoms with Gasteiger partial charge in [-0.3, -0.25) is 0 Å². The Bertz CT molecular complexity index is 389. The zero-order chi connectivity index (χ0) is 13.0. The van der Waals surface area contributed by atoms with Gasteiger partial charge in [-0.1, -0.05) is 50.3 Å². The highest BCUT2D eigenvalue weighted by Gasteiger charge is 2.13. The van der Waals surface area contributed by atoms with E-state index in [-0.39, 0.29) is 0 Å². The van der Waals surface area contributed by atoms with Crippen LogP contribution in [0.3, 0.4) is 0 Å². The van der Waals surface area contributed by atoms with Crippen molar-refractivity contribution in [2.45, 2.75) is 58.0 Å². The van der Waals surface area contributed by atoms with Crippen LogP contribution in [0.5, 0.6) is 0 Å². The molecule has 2 unspecified atom stereocenters. The third-order valence-corrected chi connectivity index (χ3v) is 3.86. The summed E-state index contributed by atoms with van der Waals surface area (Å²) in [6.45, 7) is 6.75. The Morgan fingerprint density at radius 1 is 1.00 bits per heavy atom.